The zero-order chi connectivity index (χ0) is 9.82. The van der Waals surface area contributed by atoms with Crippen LogP contribution in [0.2, 0.25) is 0 Å². The van der Waals surface area contributed by atoms with Gasteiger partial charge in [0.05, 0.1) is 6.61 Å². The molecule has 4 heteroatoms. The van der Waals surface area contributed by atoms with Crippen molar-refractivity contribution in [1.29, 1.82) is 0 Å². The van der Waals surface area contributed by atoms with Crippen LogP contribution in [0.5, 0.6) is 0 Å². The van der Waals surface area contributed by atoms with Crippen LogP contribution >= 0.6 is 0 Å². The van der Waals surface area contributed by atoms with Crippen molar-refractivity contribution < 1.29 is 9.90 Å². The molecule has 2 N–H and O–H groups in total. The molecule has 12 heavy (non-hydrogen) atoms. The van der Waals surface area contributed by atoms with E-state index in [-0.39, 0.29) is 6.61 Å². The summed E-state index contributed by atoms with van der Waals surface area (Å²) in [7, 11) is 1.94. The Hall–Kier alpha value is -0.450. The summed E-state index contributed by atoms with van der Waals surface area (Å²) in [5, 5.41) is 11.7. The highest BCUT2D eigenvalue weighted by Gasteiger charge is 1.97. The molecule has 0 atom stereocenters. The Morgan fingerprint density at radius 2 is 2.00 bits per heavy atom. The van der Waals surface area contributed by atoms with Gasteiger partial charge in [0.25, 0.3) is 0 Å². The molecule has 4 nitrogen and oxygen atoms in total. The number of aliphatic hydroxyl groups is 1. The van der Waals surface area contributed by atoms with Crippen LogP contribution in [0.1, 0.15) is 6.92 Å². The van der Waals surface area contributed by atoms with Crippen LogP contribution in [-0.4, -0.2) is 56.6 Å². The van der Waals surface area contributed by atoms with E-state index in [1.54, 1.807) is 0 Å². The van der Waals surface area contributed by atoms with E-state index in [1.807, 2.05) is 13.8 Å². The Bertz CT molecular complexity index is 81.5. The molecular formula is C8H20N2O2. The van der Waals surface area contributed by atoms with Gasteiger partial charge in [0.1, 0.15) is 6.79 Å². The topological polar surface area (TPSA) is 52.6 Å². The maximum atomic E-state index is 8.61. The van der Waals surface area contributed by atoms with Gasteiger partial charge in [0.2, 0.25) is 0 Å². The number of aliphatic hydroxyl groups excluding tert-OH is 1. The highest BCUT2D eigenvalue weighted by molar-refractivity contribution is 5.10. The second kappa shape index (κ2) is 13.2. The van der Waals surface area contributed by atoms with Crippen molar-refractivity contribution in [3.8, 4) is 0 Å². The zero-order valence-corrected chi connectivity index (χ0v) is 8.05. The lowest BCUT2D eigenvalue weighted by Gasteiger charge is -2.18. The van der Waals surface area contributed by atoms with E-state index < -0.39 is 0 Å². The van der Waals surface area contributed by atoms with E-state index in [4.69, 9.17) is 9.90 Å². The monoisotopic (exact) mass is 176 g/mol. The van der Waals surface area contributed by atoms with Gasteiger partial charge in [0.15, 0.2) is 0 Å². The number of hydrogen-bond donors (Lipinski definition) is 2. The van der Waals surface area contributed by atoms with Crippen LogP contribution in [0.25, 0.3) is 0 Å². The van der Waals surface area contributed by atoms with Crippen LogP contribution in [0, 0.1) is 0 Å². The fourth-order valence-corrected chi connectivity index (χ4v) is 0.839. The fraction of sp³-hybridized carbons (Fsp3) is 0.875. The predicted octanol–water partition coefficient (Wildman–Crippen LogP) is -0.665. The average Bonchev–Trinajstić information content (AvgIpc) is 2.15. The molecule has 0 aliphatic rings. The van der Waals surface area contributed by atoms with E-state index in [0.29, 0.717) is 0 Å². The van der Waals surface area contributed by atoms with Crippen LogP contribution < -0.4 is 5.32 Å². The minimum atomic E-state index is 0.261. The van der Waals surface area contributed by atoms with Crippen molar-refractivity contribution in [2.75, 3.05) is 39.8 Å². The van der Waals surface area contributed by atoms with Gasteiger partial charge in [-0.15, -0.1) is 0 Å². The standard InChI is InChI=1S/C7H18N2O.CH2O/c1-3-9(6-7-10)5-4-8-2;1-2/h8,10H,3-7H2,1-2H3;1H2. The summed E-state index contributed by atoms with van der Waals surface area (Å²) in [6.45, 7) is 8.19. The lowest BCUT2D eigenvalue weighted by atomic mass is 10.4. The molecule has 0 saturated heterocycles. The Balaban J connectivity index is 0. The zero-order valence-electron chi connectivity index (χ0n) is 8.05. The molecule has 0 unspecified atom stereocenters. The van der Waals surface area contributed by atoms with Crippen molar-refractivity contribution >= 4 is 6.79 Å². The SMILES string of the molecule is C=O.CCN(CCO)CCNC. The smallest absolute Gasteiger partial charge is 0.106 e. The largest absolute Gasteiger partial charge is 0.395 e. The van der Waals surface area contributed by atoms with Gasteiger partial charge in [-0.2, -0.15) is 0 Å². The molecule has 74 valence electrons. The van der Waals surface area contributed by atoms with E-state index in [1.165, 1.54) is 0 Å². The van der Waals surface area contributed by atoms with Crippen LogP contribution in [0.4, 0.5) is 0 Å². The summed E-state index contributed by atoms with van der Waals surface area (Å²) in [5.74, 6) is 0. The Morgan fingerprint density at radius 3 is 2.33 bits per heavy atom. The third-order valence-electron chi connectivity index (χ3n) is 1.54. The lowest BCUT2D eigenvalue weighted by molar-refractivity contribution is -0.0979. The first-order valence-electron chi connectivity index (χ1n) is 4.11. The minimum absolute atomic E-state index is 0.261. The molecule has 0 aliphatic heterocycles. The highest BCUT2D eigenvalue weighted by Crippen LogP contribution is 1.83. The normalized spacial score (nSPS) is 9.33. The summed E-state index contributed by atoms with van der Waals surface area (Å²) in [5.41, 5.74) is 0. The first-order valence-corrected chi connectivity index (χ1v) is 4.11. The van der Waals surface area contributed by atoms with Gasteiger partial charge in [-0.25, -0.2) is 0 Å². The van der Waals surface area contributed by atoms with E-state index in [0.717, 1.165) is 26.2 Å². The van der Waals surface area contributed by atoms with E-state index >= 15 is 0 Å². The second-order valence-electron chi connectivity index (χ2n) is 2.26. The molecule has 0 aromatic carbocycles. The molecule has 0 rings (SSSR count). The molecule has 0 saturated carbocycles. The Morgan fingerprint density at radius 1 is 1.42 bits per heavy atom. The van der Waals surface area contributed by atoms with E-state index in [2.05, 4.69) is 17.1 Å². The molecule has 0 fully saturated rings. The number of carbonyl (C=O) groups excluding carboxylic acids is 1. The lowest BCUT2D eigenvalue weighted by Crippen LogP contribution is -2.32. The summed E-state index contributed by atoms with van der Waals surface area (Å²) in [6, 6.07) is 0. The summed E-state index contributed by atoms with van der Waals surface area (Å²) in [6.07, 6.45) is 0. The van der Waals surface area contributed by atoms with Gasteiger partial charge in [-0.3, -0.25) is 0 Å². The molecule has 0 aromatic heterocycles. The van der Waals surface area contributed by atoms with Gasteiger partial charge in [0, 0.05) is 19.6 Å². The van der Waals surface area contributed by atoms with Gasteiger partial charge < -0.3 is 20.1 Å². The Labute approximate surface area is 74.6 Å². The van der Waals surface area contributed by atoms with Crippen LogP contribution in [-0.2, 0) is 4.79 Å². The number of nitrogens with one attached hydrogen (secondary N) is 1. The molecule has 0 radical (unpaired) electrons. The number of nitrogens with zero attached hydrogens (tertiary/aromatic N) is 1. The maximum Gasteiger partial charge on any atom is 0.106 e. The minimum Gasteiger partial charge on any atom is -0.395 e. The summed E-state index contributed by atoms with van der Waals surface area (Å²) < 4.78 is 0. The van der Waals surface area contributed by atoms with Crippen molar-refractivity contribution in [1.82, 2.24) is 10.2 Å². The number of hydrogen-bond acceptors (Lipinski definition) is 4. The highest BCUT2D eigenvalue weighted by atomic mass is 16.3. The van der Waals surface area contributed by atoms with Crippen molar-refractivity contribution in [2.24, 2.45) is 0 Å². The van der Waals surface area contributed by atoms with E-state index in [9.17, 15) is 0 Å². The van der Waals surface area contributed by atoms with Gasteiger partial charge in [-0.1, -0.05) is 6.92 Å². The third-order valence-corrected chi connectivity index (χ3v) is 1.54. The van der Waals surface area contributed by atoms with Crippen molar-refractivity contribution in [2.45, 2.75) is 6.92 Å². The maximum absolute atomic E-state index is 8.61. The van der Waals surface area contributed by atoms with Gasteiger partial charge in [-0.05, 0) is 13.6 Å². The number of carbonyl (C=O) groups is 1. The molecular weight excluding hydrogens is 156 g/mol. The number of rotatable bonds is 6. The average molecular weight is 176 g/mol. The third kappa shape index (κ3) is 9.55. The fourth-order valence-electron chi connectivity index (χ4n) is 0.839. The van der Waals surface area contributed by atoms with Crippen LogP contribution in [0.3, 0.4) is 0 Å². The predicted molar refractivity (Wildman–Crippen MR) is 50.2 cm³/mol. The van der Waals surface area contributed by atoms with Crippen molar-refractivity contribution in [3.05, 3.63) is 0 Å². The van der Waals surface area contributed by atoms with Gasteiger partial charge >= 0.3 is 0 Å². The first kappa shape index (κ1) is 14.1. The molecule has 0 aliphatic carbocycles. The second-order valence-corrected chi connectivity index (χ2v) is 2.26. The Kier molecular flexibility index (Phi) is 15.5. The molecule has 0 amide bonds. The summed E-state index contributed by atoms with van der Waals surface area (Å²) >= 11 is 0. The van der Waals surface area contributed by atoms with Crippen molar-refractivity contribution in [3.63, 3.8) is 0 Å². The number of likely N-dealkylation sites (N-methyl/N-ethyl adjacent to an activating group) is 2. The molecule has 0 spiro atoms. The summed E-state index contributed by atoms with van der Waals surface area (Å²) in [4.78, 5) is 10.2. The first-order chi connectivity index (χ1) is 5.85. The molecule has 0 heterocycles. The molecule has 0 aromatic rings. The molecule has 0 bridgehead atoms. The quantitative estimate of drug-likeness (QED) is 0.564. The van der Waals surface area contributed by atoms with Crippen LogP contribution in [0.15, 0.2) is 0 Å².